The molecule has 34 heavy (non-hydrogen) atoms. The zero-order valence-corrected chi connectivity index (χ0v) is 17.0. The van der Waals surface area contributed by atoms with Crippen LogP contribution in [0.15, 0.2) is 61.1 Å². The first kappa shape index (κ1) is 22.5. The molecule has 0 spiro atoms. The van der Waals surface area contributed by atoms with Crippen molar-refractivity contribution in [1.29, 1.82) is 0 Å². The van der Waals surface area contributed by atoms with E-state index in [1.165, 1.54) is 18.5 Å². The SMILES string of the molecule is Nc1ncc(F)cc1-c1ccc(Oc2ncc(NC(=O)Nc3c(F)cc(F)cc3F)cn2)cc1. The first-order valence-corrected chi connectivity index (χ1v) is 9.52. The van der Waals surface area contributed by atoms with Crippen molar-refractivity contribution in [2.75, 3.05) is 16.4 Å². The molecular weight excluding hydrogens is 456 g/mol. The summed E-state index contributed by atoms with van der Waals surface area (Å²) >= 11 is 0. The Morgan fingerprint density at radius 3 is 2.12 bits per heavy atom. The van der Waals surface area contributed by atoms with Crippen molar-refractivity contribution in [1.82, 2.24) is 15.0 Å². The highest BCUT2D eigenvalue weighted by atomic mass is 19.1. The van der Waals surface area contributed by atoms with Crippen molar-refractivity contribution in [2.45, 2.75) is 0 Å². The van der Waals surface area contributed by atoms with Crippen LogP contribution >= 0.6 is 0 Å². The van der Waals surface area contributed by atoms with Gasteiger partial charge in [0.05, 0.1) is 24.3 Å². The molecule has 0 fully saturated rings. The summed E-state index contributed by atoms with van der Waals surface area (Å²) in [5, 5.41) is 4.22. The molecule has 0 atom stereocenters. The molecule has 8 nitrogen and oxygen atoms in total. The second kappa shape index (κ2) is 9.40. The molecular formula is C22H14F4N6O2. The highest BCUT2D eigenvalue weighted by Crippen LogP contribution is 2.28. The molecule has 0 unspecified atom stereocenters. The summed E-state index contributed by atoms with van der Waals surface area (Å²) < 4.78 is 59.2. The first-order valence-electron chi connectivity index (χ1n) is 9.52. The summed E-state index contributed by atoms with van der Waals surface area (Å²) in [7, 11) is 0. The van der Waals surface area contributed by atoms with Crippen LogP contribution in [-0.2, 0) is 0 Å². The van der Waals surface area contributed by atoms with Gasteiger partial charge in [0, 0.05) is 17.7 Å². The molecule has 2 aromatic heterocycles. The second-order valence-electron chi connectivity index (χ2n) is 6.79. The Morgan fingerprint density at radius 2 is 1.47 bits per heavy atom. The van der Waals surface area contributed by atoms with Gasteiger partial charge in [0.2, 0.25) is 0 Å². The monoisotopic (exact) mass is 470 g/mol. The number of nitrogens with zero attached hydrogens (tertiary/aromatic N) is 3. The maximum absolute atomic E-state index is 13.6. The van der Waals surface area contributed by atoms with Crippen molar-refractivity contribution in [3.8, 4) is 22.9 Å². The van der Waals surface area contributed by atoms with Gasteiger partial charge in [-0.05, 0) is 23.8 Å². The van der Waals surface area contributed by atoms with Crippen molar-refractivity contribution in [2.24, 2.45) is 0 Å². The van der Waals surface area contributed by atoms with Gasteiger partial charge in [-0.25, -0.2) is 37.3 Å². The Labute approximate surface area is 189 Å². The van der Waals surface area contributed by atoms with Crippen molar-refractivity contribution in [3.05, 3.63) is 84.3 Å². The third kappa shape index (κ3) is 5.18. The van der Waals surface area contributed by atoms with Crippen LogP contribution in [0.3, 0.4) is 0 Å². The molecule has 0 aliphatic heterocycles. The Morgan fingerprint density at radius 1 is 0.824 bits per heavy atom. The van der Waals surface area contributed by atoms with E-state index < -0.39 is 35.0 Å². The minimum atomic E-state index is -1.27. The Balaban J connectivity index is 1.38. The van der Waals surface area contributed by atoms with Crippen LogP contribution in [0.1, 0.15) is 0 Å². The smallest absolute Gasteiger partial charge is 0.323 e. The zero-order valence-electron chi connectivity index (χ0n) is 17.0. The van der Waals surface area contributed by atoms with Crippen molar-refractivity contribution < 1.29 is 27.1 Å². The maximum atomic E-state index is 13.6. The number of ether oxygens (including phenoxy) is 1. The van der Waals surface area contributed by atoms with E-state index in [1.54, 1.807) is 24.3 Å². The van der Waals surface area contributed by atoms with E-state index >= 15 is 0 Å². The molecule has 2 heterocycles. The predicted molar refractivity (Wildman–Crippen MR) is 115 cm³/mol. The average Bonchev–Trinajstić information content (AvgIpc) is 2.80. The molecule has 12 heteroatoms. The molecule has 0 aliphatic rings. The summed E-state index contributed by atoms with van der Waals surface area (Å²) in [6.45, 7) is 0. The summed E-state index contributed by atoms with van der Waals surface area (Å²) in [5.41, 5.74) is 6.12. The Kier molecular flexibility index (Phi) is 6.21. The third-order valence-corrected chi connectivity index (χ3v) is 4.39. The van der Waals surface area contributed by atoms with Crippen LogP contribution in [0.4, 0.5) is 39.5 Å². The molecule has 0 saturated heterocycles. The van der Waals surface area contributed by atoms with Crippen LogP contribution in [0, 0.1) is 23.3 Å². The van der Waals surface area contributed by atoms with Crippen LogP contribution in [0.2, 0.25) is 0 Å². The predicted octanol–water partition coefficient (Wildman–Crippen LogP) is 5.11. The number of hydrogen-bond donors (Lipinski definition) is 3. The molecule has 172 valence electrons. The van der Waals surface area contributed by atoms with Gasteiger partial charge in [0.1, 0.15) is 28.9 Å². The standard InChI is InChI=1S/C22H14F4N6O2/c23-12-6-17(25)19(18(26)7-12)32-21(33)31-14-9-29-22(30-10-14)34-15-3-1-11(2-4-15)16-5-13(24)8-28-20(16)27/h1-10H,(H2,27,28)(H2,31,32,33). The van der Waals surface area contributed by atoms with Gasteiger partial charge >= 0.3 is 12.0 Å². The minimum Gasteiger partial charge on any atom is -0.424 e. The topological polar surface area (TPSA) is 115 Å². The number of nitrogens with one attached hydrogen (secondary N) is 2. The van der Waals surface area contributed by atoms with E-state index in [0.29, 0.717) is 29.0 Å². The number of nitrogens with two attached hydrogens (primary N) is 1. The summed E-state index contributed by atoms with van der Waals surface area (Å²) in [6.07, 6.45) is 3.43. The number of urea groups is 1. The number of nitrogen functional groups attached to an aromatic ring is 1. The lowest BCUT2D eigenvalue weighted by atomic mass is 10.1. The lowest BCUT2D eigenvalue weighted by molar-refractivity contribution is 0.262. The van der Waals surface area contributed by atoms with E-state index in [4.69, 9.17) is 10.5 Å². The number of anilines is 3. The average molecular weight is 470 g/mol. The summed E-state index contributed by atoms with van der Waals surface area (Å²) in [4.78, 5) is 23.6. The number of pyridine rings is 1. The van der Waals surface area contributed by atoms with Crippen LogP contribution in [0.25, 0.3) is 11.1 Å². The Bertz CT molecular complexity index is 1330. The van der Waals surface area contributed by atoms with Gasteiger partial charge in [-0.2, -0.15) is 0 Å². The van der Waals surface area contributed by atoms with Crippen LogP contribution in [-0.4, -0.2) is 21.0 Å². The van der Waals surface area contributed by atoms with Gasteiger partial charge in [-0.15, -0.1) is 0 Å². The molecule has 0 saturated carbocycles. The fourth-order valence-corrected chi connectivity index (χ4v) is 2.86. The highest BCUT2D eigenvalue weighted by molar-refractivity contribution is 5.99. The van der Waals surface area contributed by atoms with E-state index in [9.17, 15) is 22.4 Å². The zero-order chi connectivity index (χ0) is 24.2. The first-order chi connectivity index (χ1) is 16.3. The van der Waals surface area contributed by atoms with Gasteiger partial charge in [-0.1, -0.05) is 12.1 Å². The molecule has 2 amide bonds. The van der Waals surface area contributed by atoms with E-state index in [0.717, 1.165) is 6.20 Å². The highest BCUT2D eigenvalue weighted by Gasteiger charge is 2.15. The normalized spacial score (nSPS) is 10.6. The van der Waals surface area contributed by atoms with Gasteiger partial charge in [0.25, 0.3) is 0 Å². The number of rotatable bonds is 5. The number of amides is 2. The number of hydrogen-bond acceptors (Lipinski definition) is 6. The number of halogens is 4. The fraction of sp³-hybridized carbons (Fsp3) is 0. The summed E-state index contributed by atoms with van der Waals surface area (Å²) in [6, 6.07) is 7.57. The lowest BCUT2D eigenvalue weighted by Gasteiger charge is -2.10. The molecule has 0 radical (unpaired) electrons. The van der Waals surface area contributed by atoms with E-state index in [2.05, 4.69) is 20.3 Å². The molecule has 2 aromatic carbocycles. The number of carbonyl (C=O) groups excluding carboxylic acids is 1. The molecule has 4 rings (SSSR count). The third-order valence-electron chi connectivity index (χ3n) is 4.39. The number of carbonyl (C=O) groups is 1. The second-order valence-corrected chi connectivity index (χ2v) is 6.79. The largest absolute Gasteiger partial charge is 0.424 e. The number of benzene rings is 2. The van der Waals surface area contributed by atoms with Crippen molar-refractivity contribution in [3.63, 3.8) is 0 Å². The number of aromatic nitrogens is 3. The van der Waals surface area contributed by atoms with E-state index in [-0.39, 0.29) is 17.5 Å². The quantitative estimate of drug-likeness (QED) is 0.349. The van der Waals surface area contributed by atoms with Crippen molar-refractivity contribution >= 4 is 23.2 Å². The molecule has 4 N–H and O–H groups in total. The molecule has 4 aromatic rings. The maximum Gasteiger partial charge on any atom is 0.323 e. The van der Waals surface area contributed by atoms with Crippen LogP contribution < -0.4 is 21.1 Å². The summed E-state index contributed by atoms with van der Waals surface area (Å²) in [5.74, 6) is -3.63. The van der Waals surface area contributed by atoms with Crippen LogP contribution in [0.5, 0.6) is 11.8 Å². The molecule has 0 bridgehead atoms. The Hall–Kier alpha value is -4.74. The van der Waals surface area contributed by atoms with Gasteiger partial charge in [0.15, 0.2) is 11.6 Å². The van der Waals surface area contributed by atoms with Gasteiger partial charge < -0.3 is 21.1 Å². The minimum absolute atomic E-state index is 0.0544. The lowest BCUT2D eigenvalue weighted by Crippen LogP contribution is -2.21. The van der Waals surface area contributed by atoms with E-state index in [1.807, 2.05) is 5.32 Å². The van der Waals surface area contributed by atoms with Gasteiger partial charge in [-0.3, -0.25) is 0 Å². The fourth-order valence-electron chi connectivity index (χ4n) is 2.86. The molecule has 0 aliphatic carbocycles.